The van der Waals surface area contributed by atoms with Gasteiger partial charge in [0.05, 0.1) is 19.3 Å². The summed E-state index contributed by atoms with van der Waals surface area (Å²) in [6.45, 7) is 10.7. The van der Waals surface area contributed by atoms with Crippen LogP contribution in [0.25, 0.3) is 5.65 Å². The number of fused-ring (bicyclic) bond motifs is 1. The van der Waals surface area contributed by atoms with Crippen LogP contribution in [-0.2, 0) is 0 Å². The van der Waals surface area contributed by atoms with Gasteiger partial charge in [-0.05, 0) is 43.5 Å². The molecule has 3 aromatic rings. The fraction of sp³-hybridized carbons (Fsp3) is 0.522. The summed E-state index contributed by atoms with van der Waals surface area (Å²) in [4.78, 5) is 12.1. The monoisotopic (exact) mass is 421 g/mol. The first-order valence-corrected chi connectivity index (χ1v) is 11.1. The summed E-state index contributed by atoms with van der Waals surface area (Å²) in [5.41, 5.74) is 3.53. The van der Waals surface area contributed by atoms with Crippen molar-refractivity contribution in [2.24, 2.45) is 5.41 Å². The number of methoxy groups -OCH3 is 1. The van der Waals surface area contributed by atoms with Crippen molar-refractivity contribution in [3.8, 4) is 5.75 Å². The molecule has 0 saturated carbocycles. The minimum atomic E-state index is 0.0366. The molecule has 2 aliphatic heterocycles. The molecule has 0 aliphatic carbocycles. The molecule has 8 heteroatoms. The number of anilines is 2. The van der Waals surface area contributed by atoms with Crippen molar-refractivity contribution in [1.82, 2.24) is 24.9 Å². The average Bonchev–Trinajstić information content (AvgIpc) is 3.40. The van der Waals surface area contributed by atoms with E-state index in [1.54, 1.807) is 7.11 Å². The van der Waals surface area contributed by atoms with Crippen LogP contribution < -0.4 is 20.3 Å². The molecule has 0 amide bonds. The molecule has 0 bridgehead atoms. The molecule has 1 aromatic carbocycles. The molecule has 0 radical (unpaired) electrons. The minimum Gasteiger partial charge on any atom is -0.497 e. The highest BCUT2D eigenvalue weighted by Gasteiger charge is 2.46. The predicted octanol–water partition coefficient (Wildman–Crippen LogP) is 3.23. The second-order valence-corrected chi connectivity index (χ2v) is 9.26. The highest BCUT2D eigenvalue weighted by Crippen LogP contribution is 2.38. The summed E-state index contributed by atoms with van der Waals surface area (Å²) < 4.78 is 7.23. The summed E-state index contributed by atoms with van der Waals surface area (Å²) in [7, 11) is 1.69. The van der Waals surface area contributed by atoms with Gasteiger partial charge in [-0.3, -0.25) is 0 Å². The first-order valence-electron chi connectivity index (χ1n) is 11.1. The summed E-state index contributed by atoms with van der Waals surface area (Å²) in [5.74, 6) is 2.68. The number of nitrogens with one attached hydrogen (secondary N) is 2. The molecule has 4 heterocycles. The highest BCUT2D eigenvalue weighted by molar-refractivity contribution is 5.57. The predicted molar refractivity (Wildman–Crippen MR) is 122 cm³/mol. The van der Waals surface area contributed by atoms with Crippen molar-refractivity contribution >= 4 is 17.5 Å². The maximum Gasteiger partial charge on any atom is 0.230 e. The molecular weight excluding hydrogens is 390 g/mol. The minimum absolute atomic E-state index is 0.0366. The summed E-state index contributed by atoms with van der Waals surface area (Å²) in [6.07, 6.45) is 3.14. The number of ether oxygens (including phenoxy) is 1. The molecular formula is C23H31N7O. The van der Waals surface area contributed by atoms with E-state index in [1.807, 2.05) is 28.9 Å². The molecule has 2 fully saturated rings. The van der Waals surface area contributed by atoms with E-state index in [9.17, 15) is 0 Å². The van der Waals surface area contributed by atoms with E-state index in [0.717, 1.165) is 54.7 Å². The normalized spacial score (nSPS) is 18.5. The van der Waals surface area contributed by atoms with Gasteiger partial charge in [0, 0.05) is 30.6 Å². The molecule has 1 spiro atoms. The number of rotatable bonds is 6. The molecule has 8 nitrogen and oxygen atoms in total. The molecule has 2 aromatic heterocycles. The van der Waals surface area contributed by atoms with E-state index in [2.05, 4.69) is 47.5 Å². The van der Waals surface area contributed by atoms with Crippen LogP contribution in [0.5, 0.6) is 5.75 Å². The Morgan fingerprint density at radius 2 is 2.03 bits per heavy atom. The van der Waals surface area contributed by atoms with Crippen molar-refractivity contribution < 1.29 is 4.74 Å². The van der Waals surface area contributed by atoms with Crippen LogP contribution in [-0.4, -0.2) is 52.9 Å². The number of benzene rings is 1. The lowest BCUT2D eigenvalue weighted by molar-refractivity contribution is 0.240. The lowest BCUT2D eigenvalue weighted by Crippen LogP contribution is -2.58. The van der Waals surface area contributed by atoms with Gasteiger partial charge in [-0.25, -0.2) is 0 Å². The zero-order chi connectivity index (χ0) is 21.6. The van der Waals surface area contributed by atoms with Gasteiger partial charge in [0.25, 0.3) is 0 Å². The molecule has 31 heavy (non-hydrogen) atoms. The number of nitrogens with zero attached hydrogens (tertiary/aromatic N) is 5. The van der Waals surface area contributed by atoms with E-state index in [1.165, 1.54) is 6.42 Å². The van der Waals surface area contributed by atoms with Crippen molar-refractivity contribution in [2.75, 3.05) is 43.5 Å². The summed E-state index contributed by atoms with van der Waals surface area (Å²) >= 11 is 0. The lowest BCUT2D eigenvalue weighted by Gasteiger charge is -2.47. The van der Waals surface area contributed by atoms with E-state index >= 15 is 0 Å². The van der Waals surface area contributed by atoms with Gasteiger partial charge in [0.15, 0.2) is 5.65 Å². The number of hydrogen-bond acceptors (Lipinski definition) is 7. The second kappa shape index (κ2) is 7.67. The number of hydrogen-bond donors (Lipinski definition) is 2. The first kappa shape index (κ1) is 20.1. The Labute approximate surface area is 183 Å². The molecule has 2 aliphatic rings. The van der Waals surface area contributed by atoms with Gasteiger partial charge in [-0.2, -0.15) is 19.6 Å². The van der Waals surface area contributed by atoms with Gasteiger partial charge in [-0.1, -0.05) is 26.0 Å². The van der Waals surface area contributed by atoms with Crippen molar-refractivity contribution in [3.63, 3.8) is 0 Å². The third-order valence-electron chi connectivity index (χ3n) is 6.61. The van der Waals surface area contributed by atoms with Crippen molar-refractivity contribution in [1.29, 1.82) is 0 Å². The average molecular weight is 422 g/mol. The lowest BCUT2D eigenvalue weighted by atomic mass is 9.79. The molecule has 1 atom stereocenters. The Kier molecular flexibility index (Phi) is 4.97. The molecule has 2 N–H and O–H groups in total. The van der Waals surface area contributed by atoms with Gasteiger partial charge in [0.2, 0.25) is 11.9 Å². The largest absolute Gasteiger partial charge is 0.497 e. The fourth-order valence-corrected chi connectivity index (χ4v) is 4.68. The van der Waals surface area contributed by atoms with Gasteiger partial charge >= 0.3 is 0 Å². The summed E-state index contributed by atoms with van der Waals surface area (Å²) in [6, 6.07) is 8.14. The van der Waals surface area contributed by atoms with Gasteiger partial charge in [-0.15, -0.1) is 0 Å². The van der Waals surface area contributed by atoms with Crippen LogP contribution in [0.15, 0.2) is 30.5 Å². The number of aromatic nitrogens is 4. The quantitative estimate of drug-likeness (QED) is 0.633. The van der Waals surface area contributed by atoms with Crippen LogP contribution in [0.3, 0.4) is 0 Å². The van der Waals surface area contributed by atoms with Gasteiger partial charge in [0.1, 0.15) is 5.75 Å². The first-order chi connectivity index (χ1) is 15.0. The van der Waals surface area contributed by atoms with Crippen molar-refractivity contribution in [2.45, 2.75) is 39.2 Å². The smallest absolute Gasteiger partial charge is 0.230 e. The highest BCUT2D eigenvalue weighted by atomic mass is 16.5. The Hall–Kier alpha value is -2.87. The van der Waals surface area contributed by atoms with Gasteiger partial charge < -0.3 is 20.3 Å². The fourth-order valence-electron chi connectivity index (χ4n) is 4.68. The van der Waals surface area contributed by atoms with Crippen LogP contribution in [0.2, 0.25) is 0 Å². The van der Waals surface area contributed by atoms with Crippen LogP contribution in [0.4, 0.5) is 11.9 Å². The van der Waals surface area contributed by atoms with Crippen molar-refractivity contribution in [3.05, 3.63) is 41.6 Å². The zero-order valence-corrected chi connectivity index (χ0v) is 18.7. The maximum atomic E-state index is 5.39. The van der Waals surface area contributed by atoms with Crippen LogP contribution in [0.1, 0.15) is 50.3 Å². The second-order valence-electron chi connectivity index (χ2n) is 9.26. The van der Waals surface area contributed by atoms with E-state index in [-0.39, 0.29) is 6.04 Å². The Morgan fingerprint density at radius 3 is 2.74 bits per heavy atom. The molecule has 164 valence electrons. The third kappa shape index (κ3) is 3.59. The Bertz CT molecular complexity index is 1080. The Morgan fingerprint density at radius 1 is 1.19 bits per heavy atom. The molecule has 1 unspecified atom stereocenters. The Balaban J connectivity index is 1.48. The van der Waals surface area contributed by atoms with E-state index < -0.39 is 0 Å². The third-order valence-corrected chi connectivity index (χ3v) is 6.61. The van der Waals surface area contributed by atoms with E-state index in [4.69, 9.17) is 14.7 Å². The van der Waals surface area contributed by atoms with Crippen LogP contribution >= 0.6 is 0 Å². The SMILES string of the molecule is COc1cccc(C(C)Nc2nc(N3CC4(CCNC4)C3)nc3c(C(C)C)cnn23)c1. The molecule has 5 rings (SSSR count). The standard InChI is InChI=1S/C23H31N7O/c1-15(2)19-11-25-30-20(19)27-21(29-13-23(14-29)8-9-24-12-23)28-22(30)26-16(3)17-6-5-7-18(10-17)31-4/h5-7,10-11,15-16,24H,8-9,12-14H2,1-4H3,(H,26,27,28). The zero-order valence-electron chi connectivity index (χ0n) is 18.7. The molecule has 2 saturated heterocycles. The topological polar surface area (TPSA) is 79.6 Å². The van der Waals surface area contributed by atoms with E-state index in [0.29, 0.717) is 17.3 Å². The summed E-state index contributed by atoms with van der Waals surface area (Å²) in [5, 5.41) is 11.7. The van der Waals surface area contributed by atoms with Crippen LogP contribution in [0, 0.1) is 5.41 Å². The maximum absolute atomic E-state index is 5.39.